The Morgan fingerprint density at radius 3 is 2.67 bits per heavy atom. The van der Waals surface area contributed by atoms with Crippen molar-refractivity contribution in [3.05, 3.63) is 47.5 Å². The second-order valence-corrected chi connectivity index (χ2v) is 4.90. The standard InChI is InChI=1S/C15H15NO2/c17-14-12-9-5-4-8-11(12)13(15(18)16-14)10-6-2-1-3-7-10/h1-3,6-7,9,11,13H,4-5,8H2,(H,16,17,18). The second kappa shape index (κ2) is 4.41. The highest BCUT2D eigenvalue weighted by Crippen LogP contribution is 2.39. The Kier molecular flexibility index (Phi) is 2.74. The van der Waals surface area contributed by atoms with Crippen LogP contribution in [-0.4, -0.2) is 11.8 Å². The molecule has 2 aliphatic rings. The third-order valence-corrected chi connectivity index (χ3v) is 3.83. The Balaban J connectivity index is 2.03. The number of rotatable bonds is 1. The highest BCUT2D eigenvalue weighted by atomic mass is 16.2. The minimum Gasteiger partial charge on any atom is -0.292 e. The van der Waals surface area contributed by atoms with Gasteiger partial charge < -0.3 is 0 Å². The predicted octanol–water partition coefficient (Wildman–Crippen LogP) is 2.15. The van der Waals surface area contributed by atoms with Crippen molar-refractivity contribution in [2.75, 3.05) is 0 Å². The molecule has 3 rings (SSSR count). The molecule has 1 aliphatic heterocycles. The molecule has 0 radical (unpaired) electrons. The molecular weight excluding hydrogens is 226 g/mol. The lowest BCUT2D eigenvalue weighted by molar-refractivity contribution is -0.133. The van der Waals surface area contributed by atoms with Gasteiger partial charge in [-0.25, -0.2) is 0 Å². The van der Waals surface area contributed by atoms with Gasteiger partial charge in [0.2, 0.25) is 5.91 Å². The van der Waals surface area contributed by atoms with Gasteiger partial charge in [-0.2, -0.15) is 0 Å². The fraction of sp³-hybridized carbons (Fsp3) is 0.333. The minimum absolute atomic E-state index is 0.0578. The third-order valence-electron chi connectivity index (χ3n) is 3.83. The number of amides is 2. The molecule has 0 saturated carbocycles. The van der Waals surface area contributed by atoms with Crippen LogP contribution in [0.25, 0.3) is 0 Å². The Morgan fingerprint density at radius 2 is 1.89 bits per heavy atom. The smallest absolute Gasteiger partial charge is 0.253 e. The summed E-state index contributed by atoms with van der Waals surface area (Å²) in [4.78, 5) is 23.9. The van der Waals surface area contributed by atoms with Crippen LogP contribution in [-0.2, 0) is 9.59 Å². The van der Waals surface area contributed by atoms with Crippen LogP contribution in [0.1, 0.15) is 30.7 Å². The number of hydrogen-bond donors (Lipinski definition) is 1. The Hall–Kier alpha value is -1.90. The molecule has 1 aromatic rings. The normalized spacial score (nSPS) is 27.2. The molecule has 1 fully saturated rings. The molecule has 3 heteroatoms. The van der Waals surface area contributed by atoms with Crippen LogP contribution in [0.4, 0.5) is 0 Å². The molecule has 1 aliphatic carbocycles. The van der Waals surface area contributed by atoms with Crippen LogP contribution >= 0.6 is 0 Å². The molecule has 92 valence electrons. The van der Waals surface area contributed by atoms with E-state index < -0.39 is 0 Å². The predicted molar refractivity (Wildman–Crippen MR) is 67.8 cm³/mol. The molecule has 18 heavy (non-hydrogen) atoms. The monoisotopic (exact) mass is 241 g/mol. The first kappa shape index (κ1) is 11.2. The summed E-state index contributed by atoms with van der Waals surface area (Å²) >= 11 is 0. The van der Waals surface area contributed by atoms with Gasteiger partial charge in [-0.15, -0.1) is 0 Å². The van der Waals surface area contributed by atoms with Crippen LogP contribution < -0.4 is 5.32 Å². The van der Waals surface area contributed by atoms with Crippen LogP contribution in [0, 0.1) is 5.92 Å². The summed E-state index contributed by atoms with van der Waals surface area (Å²) in [6.45, 7) is 0. The lowest BCUT2D eigenvalue weighted by Gasteiger charge is -2.34. The first-order valence-electron chi connectivity index (χ1n) is 6.37. The minimum atomic E-state index is -0.213. The molecular formula is C15H15NO2. The van der Waals surface area contributed by atoms with Gasteiger partial charge in [0.1, 0.15) is 0 Å². The number of imide groups is 1. The van der Waals surface area contributed by atoms with Gasteiger partial charge in [0, 0.05) is 11.5 Å². The average molecular weight is 241 g/mol. The maximum absolute atomic E-state index is 12.1. The molecule has 3 nitrogen and oxygen atoms in total. The lowest BCUT2D eigenvalue weighted by atomic mass is 9.72. The average Bonchev–Trinajstić information content (AvgIpc) is 2.40. The van der Waals surface area contributed by atoms with E-state index in [9.17, 15) is 9.59 Å². The fourth-order valence-corrected chi connectivity index (χ4v) is 3.00. The molecule has 1 heterocycles. The van der Waals surface area contributed by atoms with E-state index >= 15 is 0 Å². The summed E-state index contributed by atoms with van der Waals surface area (Å²) in [6.07, 6.45) is 4.91. The van der Waals surface area contributed by atoms with E-state index in [0.717, 1.165) is 30.4 Å². The van der Waals surface area contributed by atoms with Crippen molar-refractivity contribution < 1.29 is 9.59 Å². The largest absolute Gasteiger partial charge is 0.292 e. The Morgan fingerprint density at radius 1 is 1.11 bits per heavy atom. The molecule has 1 aromatic carbocycles. The Bertz CT molecular complexity index is 519. The number of carbonyl (C=O) groups excluding carboxylic acids is 2. The highest BCUT2D eigenvalue weighted by molar-refractivity contribution is 6.10. The van der Waals surface area contributed by atoms with Crippen molar-refractivity contribution in [3.63, 3.8) is 0 Å². The number of carbonyl (C=O) groups is 2. The zero-order valence-electron chi connectivity index (χ0n) is 10.1. The van der Waals surface area contributed by atoms with E-state index in [1.807, 2.05) is 36.4 Å². The van der Waals surface area contributed by atoms with Crippen molar-refractivity contribution in [2.24, 2.45) is 5.92 Å². The number of hydrogen-bond acceptors (Lipinski definition) is 2. The summed E-state index contributed by atoms with van der Waals surface area (Å²) < 4.78 is 0. The Labute approximate surface area is 106 Å². The quantitative estimate of drug-likeness (QED) is 0.766. The van der Waals surface area contributed by atoms with Gasteiger partial charge in [-0.3, -0.25) is 14.9 Å². The van der Waals surface area contributed by atoms with E-state index in [4.69, 9.17) is 0 Å². The summed E-state index contributed by atoms with van der Waals surface area (Å²) in [6, 6.07) is 9.74. The SMILES string of the molecule is O=C1NC(=O)C(c2ccccc2)C2CCCC=C12. The van der Waals surface area contributed by atoms with Gasteiger partial charge in [-0.05, 0) is 24.8 Å². The first-order valence-corrected chi connectivity index (χ1v) is 6.37. The van der Waals surface area contributed by atoms with Crippen LogP contribution in [0.5, 0.6) is 0 Å². The second-order valence-electron chi connectivity index (χ2n) is 4.90. The van der Waals surface area contributed by atoms with Gasteiger partial charge in [-0.1, -0.05) is 36.4 Å². The maximum Gasteiger partial charge on any atom is 0.253 e. The van der Waals surface area contributed by atoms with Gasteiger partial charge in [0.15, 0.2) is 0 Å². The number of fused-ring (bicyclic) bond motifs is 1. The van der Waals surface area contributed by atoms with E-state index in [2.05, 4.69) is 5.32 Å². The van der Waals surface area contributed by atoms with E-state index in [1.165, 1.54) is 0 Å². The molecule has 2 unspecified atom stereocenters. The fourth-order valence-electron chi connectivity index (χ4n) is 3.00. The third kappa shape index (κ3) is 1.76. The maximum atomic E-state index is 12.1. The number of piperidine rings is 1. The highest BCUT2D eigenvalue weighted by Gasteiger charge is 2.40. The van der Waals surface area contributed by atoms with E-state index in [0.29, 0.717) is 0 Å². The van der Waals surface area contributed by atoms with E-state index in [-0.39, 0.29) is 23.7 Å². The zero-order chi connectivity index (χ0) is 12.5. The molecule has 0 bridgehead atoms. The van der Waals surface area contributed by atoms with Crippen LogP contribution in [0.3, 0.4) is 0 Å². The molecule has 2 amide bonds. The zero-order valence-corrected chi connectivity index (χ0v) is 10.1. The topological polar surface area (TPSA) is 46.2 Å². The summed E-state index contributed by atoms with van der Waals surface area (Å²) in [5.74, 6) is -0.509. The molecule has 0 spiro atoms. The van der Waals surface area contributed by atoms with Gasteiger partial charge in [0.05, 0.1) is 5.92 Å². The summed E-state index contributed by atoms with van der Waals surface area (Å²) in [7, 11) is 0. The number of benzene rings is 1. The first-order chi connectivity index (χ1) is 8.77. The van der Waals surface area contributed by atoms with Gasteiger partial charge in [0.25, 0.3) is 5.91 Å². The van der Waals surface area contributed by atoms with Crippen molar-refractivity contribution in [1.29, 1.82) is 0 Å². The molecule has 1 saturated heterocycles. The lowest BCUT2D eigenvalue weighted by Crippen LogP contribution is -2.46. The number of nitrogens with one attached hydrogen (secondary N) is 1. The summed E-state index contributed by atoms with van der Waals surface area (Å²) in [5.41, 5.74) is 1.80. The van der Waals surface area contributed by atoms with Crippen LogP contribution in [0.15, 0.2) is 42.0 Å². The van der Waals surface area contributed by atoms with Crippen molar-refractivity contribution in [2.45, 2.75) is 25.2 Å². The molecule has 0 aromatic heterocycles. The molecule has 1 N–H and O–H groups in total. The van der Waals surface area contributed by atoms with Crippen molar-refractivity contribution in [3.8, 4) is 0 Å². The molecule has 2 atom stereocenters. The number of allylic oxidation sites excluding steroid dienone is 1. The van der Waals surface area contributed by atoms with Crippen molar-refractivity contribution >= 4 is 11.8 Å². The van der Waals surface area contributed by atoms with Gasteiger partial charge >= 0.3 is 0 Å². The van der Waals surface area contributed by atoms with E-state index in [1.54, 1.807) is 0 Å². The summed E-state index contributed by atoms with van der Waals surface area (Å²) in [5, 5.41) is 2.48. The van der Waals surface area contributed by atoms with Crippen LogP contribution in [0.2, 0.25) is 0 Å². The van der Waals surface area contributed by atoms with Crippen molar-refractivity contribution in [1.82, 2.24) is 5.32 Å².